The largest absolute Gasteiger partial charge is 0.491 e. The number of hydrogen-bond acceptors (Lipinski definition) is 1. The first-order valence-electron chi connectivity index (χ1n) is 4.34. The summed E-state index contributed by atoms with van der Waals surface area (Å²) in [4.78, 5) is 0. The molecule has 0 heterocycles. The molecule has 1 atom stereocenters. The van der Waals surface area contributed by atoms with Crippen LogP contribution in [-0.2, 0) is 0 Å². The van der Waals surface area contributed by atoms with Gasteiger partial charge >= 0.3 is 0 Å². The number of hydrogen-bond donors (Lipinski definition) is 0. The summed E-state index contributed by atoms with van der Waals surface area (Å²) in [5.74, 6) is 0.943. The van der Waals surface area contributed by atoms with Crippen LogP contribution in [0.5, 0.6) is 5.75 Å². The van der Waals surface area contributed by atoms with Crippen molar-refractivity contribution in [1.29, 1.82) is 0 Å². The van der Waals surface area contributed by atoms with Crippen LogP contribution in [0.15, 0.2) is 30.3 Å². The van der Waals surface area contributed by atoms with Gasteiger partial charge in [-0.1, -0.05) is 25.1 Å². The predicted octanol–water partition coefficient (Wildman–Crippen LogP) is 3.07. The standard InChI is InChI=1S/C11H15O/c1-3-7-10(2)12-11-8-5-4-6-9-11/h4-6,8-10H,1,3,7H2,2H3. The van der Waals surface area contributed by atoms with Gasteiger partial charge in [0.05, 0.1) is 6.10 Å². The van der Waals surface area contributed by atoms with E-state index in [1.54, 1.807) is 0 Å². The third-order valence-electron chi connectivity index (χ3n) is 1.69. The lowest BCUT2D eigenvalue weighted by Crippen LogP contribution is -2.10. The van der Waals surface area contributed by atoms with Crippen molar-refractivity contribution in [3.63, 3.8) is 0 Å². The van der Waals surface area contributed by atoms with Gasteiger partial charge in [0.15, 0.2) is 0 Å². The molecule has 0 saturated heterocycles. The van der Waals surface area contributed by atoms with Crippen LogP contribution < -0.4 is 4.74 Å². The van der Waals surface area contributed by atoms with E-state index in [1.165, 1.54) is 0 Å². The highest BCUT2D eigenvalue weighted by molar-refractivity contribution is 5.21. The third kappa shape index (κ3) is 2.95. The summed E-state index contributed by atoms with van der Waals surface area (Å²) < 4.78 is 5.61. The maximum Gasteiger partial charge on any atom is 0.119 e. The van der Waals surface area contributed by atoms with Gasteiger partial charge in [0, 0.05) is 0 Å². The van der Waals surface area contributed by atoms with Crippen LogP contribution in [0.25, 0.3) is 0 Å². The van der Waals surface area contributed by atoms with E-state index in [1.807, 2.05) is 30.3 Å². The minimum atomic E-state index is 0.268. The van der Waals surface area contributed by atoms with Crippen LogP contribution in [0.3, 0.4) is 0 Å². The zero-order chi connectivity index (χ0) is 8.81. The van der Waals surface area contributed by atoms with Crippen LogP contribution in [-0.4, -0.2) is 6.10 Å². The number of para-hydroxylation sites is 1. The molecule has 0 aromatic heterocycles. The third-order valence-corrected chi connectivity index (χ3v) is 1.69. The zero-order valence-corrected chi connectivity index (χ0v) is 7.49. The van der Waals surface area contributed by atoms with Crippen molar-refractivity contribution in [1.82, 2.24) is 0 Å². The van der Waals surface area contributed by atoms with Gasteiger partial charge in [-0.25, -0.2) is 0 Å². The molecule has 1 rings (SSSR count). The molecular formula is C11H15O. The summed E-state index contributed by atoms with van der Waals surface area (Å²) >= 11 is 0. The summed E-state index contributed by atoms with van der Waals surface area (Å²) in [6.07, 6.45) is 2.20. The SMILES string of the molecule is [CH2]CCC(C)Oc1ccccc1. The average Bonchev–Trinajstić information content (AvgIpc) is 2.06. The second-order valence-electron chi connectivity index (χ2n) is 2.88. The fourth-order valence-electron chi connectivity index (χ4n) is 1.08. The lowest BCUT2D eigenvalue weighted by molar-refractivity contribution is 0.212. The van der Waals surface area contributed by atoms with Crippen LogP contribution >= 0.6 is 0 Å². The predicted molar refractivity (Wildman–Crippen MR) is 51.1 cm³/mol. The number of rotatable bonds is 4. The van der Waals surface area contributed by atoms with Crippen LogP contribution in [0.1, 0.15) is 19.8 Å². The molecule has 0 amide bonds. The summed E-state index contributed by atoms with van der Waals surface area (Å²) in [7, 11) is 0. The Hall–Kier alpha value is -0.980. The Morgan fingerprint density at radius 1 is 1.33 bits per heavy atom. The molecule has 1 aromatic carbocycles. The van der Waals surface area contributed by atoms with Gasteiger partial charge in [0.1, 0.15) is 5.75 Å². The van der Waals surface area contributed by atoms with Gasteiger partial charge in [0.25, 0.3) is 0 Å². The molecule has 0 aliphatic heterocycles. The first-order valence-corrected chi connectivity index (χ1v) is 4.34. The molecule has 1 aromatic rings. The first kappa shape index (κ1) is 9.11. The van der Waals surface area contributed by atoms with E-state index in [-0.39, 0.29) is 6.10 Å². The normalized spacial score (nSPS) is 12.5. The molecule has 0 fully saturated rings. The van der Waals surface area contributed by atoms with E-state index in [0.29, 0.717) is 0 Å². The zero-order valence-electron chi connectivity index (χ0n) is 7.49. The minimum absolute atomic E-state index is 0.268. The van der Waals surface area contributed by atoms with Gasteiger partial charge in [-0.05, 0) is 31.9 Å². The van der Waals surface area contributed by atoms with Crippen molar-refractivity contribution in [2.24, 2.45) is 0 Å². The fraction of sp³-hybridized carbons (Fsp3) is 0.364. The van der Waals surface area contributed by atoms with Crippen molar-refractivity contribution in [3.05, 3.63) is 37.3 Å². The second kappa shape index (κ2) is 4.81. The Morgan fingerprint density at radius 2 is 2.00 bits per heavy atom. The molecular weight excluding hydrogens is 148 g/mol. The summed E-state index contributed by atoms with van der Waals surface area (Å²) in [6, 6.07) is 9.89. The lowest BCUT2D eigenvalue weighted by atomic mass is 10.2. The molecule has 0 bridgehead atoms. The van der Waals surface area contributed by atoms with E-state index in [9.17, 15) is 0 Å². The molecule has 0 aliphatic rings. The van der Waals surface area contributed by atoms with Gasteiger partial charge in [0.2, 0.25) is 0 Å². The Kier molecular flexibility index (Phi) is 3.65. The molecule has 0 N–H and O–H groups in total. The molecule has 1 radical (unpaired) electrons. The van der Waals surface area contributed by atoms with Gasteiger partial charge in [-0.3, -0.25) is 0 Å². The number of benzene rings is 1. The highest BCUT2D eigenvalue weighted by atomic mass is 16.5. The summed E-state index contributed by atoms with van der Waals surface area (Å²) in [6.45, 7) is 5.85. The maximum absolute atomic E-state index is 5.61. The van der Waals surface area contributed by atoms with Crippen LogP contribution in [0.4, 0.5) is 0 Å². The second-order valence-corrected chi connectivity index (χ2v) is 2.88. The Balaban J connectivity index is 2.41. The molecule has 12 heavy (non-hydrogen) atoms. The van der Waals surface area contributed by atoms with Crippen molar-refractivity contribution in [2.45, 2.75) is 25.9 Å². The molecule has 1 nitrogen and oxygen atoms in total. The molecule has 1 heteroatoms. The Morgan fingerprint density at radius 3 is 2.58 bits per heavy atom. The van der Waals surface area contributed by atoms with Gasteiger partial charge in [-0.15, -0.1) is 0 Å². The first-order chi connectivity index (χ1) is 5.83. The monoisotopic (exact) mass is 163 g/mol. The van der Waals surface area contributed by atoms with Crippen molar-refractivity contribution >= 4 is 0 Å². The van der Waals surface area contributed by atoms with E-state index >= 15 is 0 Å². The molecule has 0 spiro atoms. The van der Waals surface area contributed by atoms with E-state index in [0.717, 1.165) is 18.6 Å². The Bertz CT molecular complexity index is 206. The van der Waals surface area contributed by atoms with Gasteiger partial charge < -0.3 is 4.74 Å². The number of ether oxygens (including phenoxy) is 1. The van der Waals surface area contributed by atoms with E-state index in [2.05, 4.69) is 13.8 Å². The maximum atomic E-state index is 5.61. The summed E-state index contributed by atoms with van der Waals surface area (Å²) in [5, 5.41) is 0. The Labute approximate surface area is 74.4 Å². The van der Waals surface area contributed by atoms with E-state index < -0.39 is 0 Å². The minimum Gasteiger partial charge on any atom is -0.491 e. The fourth-order valence-corrected chi connectivity index (χ4v) is 1.08. The highest BCUT2D eigenvalue weighted by Gasteiger charge is 2.00. The summed E-state index contributed by atoms with van der Waals surface area (Å²) in [5.41, 5.74) is 0. The molecule has 65 valence electrons. The van der Waals surface area contributed by atoms with Crippen molar-refractivity contribution in [2.75, 3.05) is 0 Å². The lowest BCUT2D eigenvalue weighted by Gasteiger charge is -2.12. The van der Waals surface area contributed by atoms with Crippen molar-refractivity contribution in [3.8, 4) is 5.75 Å². The van der Waals surface area contributed by atoms with Gasteiger partial charge in [-0.2, -0.15) is 0 Å². The molecule has 0 saturated carbocycles. The van der Waals surface area contributed by atoms with Crippen LogP contribution in [0, 0.1) is 6.92 Å². The smallest absolute Gasteiger partial charge is 0.119 e. The quantitative estimate of drug-likeness (QED) is 0.662. The molecule has 0 aliphatic carbocycles. The molecule has 1 unspecified atom stereocenters. The topological polar surface area (TPSA) is 9.23 Å². The van der Waals surface area contributed by atoms with Crippen LogP contribution in [0.2, 0.25) is 0 Å². The van der Waals surface area contributed by atoms with Crippen molar-refractivity contribution < 1.29 is 4.74 Å². The highest BCUT2D eigenvalue weighted by Crippen LogP contribution is 2.12. The van der Waals surface area contributed by atoms with E-state index in [4.69, 9.17) is 4.74 Å². The average molecular weight is 163 g/mol.